The quantitative estimate of drug-likeness (QED) is 0.583. The molecule has 1 heterocycles. The zero-order valence-electron chi connectivity index (χ0n) is 16.7. The first kappa shape index (κ1) is 21.3. The van der Waals surface area contributed by atoms with Gasteiger partial charge in [-0.05, 0) is 42.8 Å². The Hall–Kier alpha value is -3.42. The number of hydrogen-bond acceptors (Lipinski definition) is 3. The van der Waals surface area contributed by atoms with Gasteiger partial charge in [0.15, 0.2) is 0 Å². The first-order chi connectivity index (χ1) is 14.3. The standard InChI is InChI=1S/C22H21F3N2O3/c1-4-26-21(28)18-12-19(13-5-7-15(8-6-13)22(23,24)25)27-20(18)14-9-16(29-2)11-17(10-14)30-3/h5-12,27H,4H2,1-3H3,(H,26,28). The van der Waals surface area contributed by atoms with Crippen LogP contribution < -0.4 is 14.8 Å². The van der Waals surface area contributed by atoms with Crippen molar-refractivity contribution in [1.29, 1.82) is 0 Å². The molecule has 8 heteroatoms. The summed E-state index contributed by atoms with van der Waals surface area (Å²) in [6.45, 7) is 2.23. The van der Waals surface area contributed by atoms with Crippen LogP contribution in [0.2, 0.25) is 0 Å². The maximum absolute atomic E-state index is 12.9. The van der Waals surface area contributed by atoms with Crippen molar-refractivity contribution in [2.45, 2.75) is 13.1 Å². The summed E-state index contributed by atoms with van der Waals surface area (Å²) in [5.74, 6) is 0.775. The van der Waals surface area contributed by atoms with Crippen LogP contribution in [0, 0.1) is 0 Å². The van der Waals surface area contributed by atoms with E-state index in [1.165, 1.54) is 26.4 Å². The second-order valence-electron chi connectivity index (χ2n) is 6.51. The number of rotatable bonds is 6. The normalized spacial score (nSPS) is 11.3. The average Bonchev–Trinajstić information content (AvgIpc) is 3.18. The number of ether oxygens (including phenoxy) is 2. The Kier molecular flexibility index (Phi) is 6.05. The summed E-state index contributed by atoms with van der Waals surface area (Å²) in [5.41, 5.74) is 1.82. The summed E-state index contributed by atoms with van der Waals surface area (Å²) in [6.07, 6.45) is -4.41. The molecule has 0 aliphatic carbocycles. The molecule has 3 rings (SSSR count). The van der Waals surface area contributed by atoms with E-state index in [0.717, 1.165) is 12.1 Å². The van der Waals surface area contributed by atoms with E-state index in [4.69, 9.17) is 9.47 Å². The summed E-state index contributed by atoms with van der Waals surface area (Å²) < 4.78 is 49.2. The van der Waals surface area contributed by atoms with Gasteiger partial charge in [0.25, 0.3) is 5.91 Å². The molecule has 0 bridgehead atoms. The molecule has 0 atom stereocenters. The molecule has 5 nitrogen and oxygen atoms in total. The number of carbonyl (C=O) groups excluding carboxylic acids is 1. The van der Waals surface area contributed by atoms with E-state index in [2.05, 4.69) is 10.3 Å². The van der Waals surface area contributed by atoms with Gasteiger partial charge in [-0.2, -0.15) is 13.2 Å². The molecule has 30 heavy (non-hydrogen) atoms. The molecule has 158 valence electrons. The number of hydrogen-bond donors (Lipinski definition) is 2. The van der Waals surface area contributed by atoms with E-state index in [1.807, 2.05) is 0 Å². The van der Waals surface area contributed by atoms with E-state index < -0.39 is 11.7 Å². The van der Waals surface area contributed by atoms with Gasteiger partial charge in [-0.25, -0.2) is 0 Å². The highest BCUT2D eigenvalue weighted by Crippen LogP contribution is 2.35. The van der Waals surface area contributed by atoms with Crippen LogP contribution in [0.4, 0.5) is 13.2 Å². The zero-order valence-corrected chi connectivity index (χ0v) is 16.7. The maximum Gasteiger partial charge on any atom is 0.416 e. The van der Waals surface area contributed by atoms with E-state index in [9.17, 15) is 18.0 Å². The van der Waals surface area contributed by atoms with Crippen molar-refractivity contribution in [3.05, 3.63) is 59.7 Å². The molecule has 2 aromatic carbocycles. The van der Waals surface area contributed by atoms with Crippen molar-refractivity contribution in [2.75, 3.05) is 20.8 Å². The van der Waals surface area contributed by atoms with Crippen molar-refractivity contribution in [1.82, 2.24) is 10.3 Å². The number of carbonyl (C=O) groups is 1. The predicted octanol–water partition coefficient (Wildman–Crippen LogP) is 5.13. The Morgan fingerprint density at radius 1 is 0.967 bits per heavy atom. The fraction of sp³-hybridized carbons (Fsp3) is 0.227. The molecule has 1 aromatic heterocycles. The number of amides is 1. The van der Waals surface area contributed by atoms with Crippen molar-refractivity contribution in [3.63, 3.8) is 0 Å². The van der Waals surface area contributed by atoms with Gasteiger partial charge < -0.3 is 19.8 Å². The minimum atomic E-state index is -4.41. The molecule has 0 unspecified atom stereocenters. The molecule has 0 aliphatic rings. The van der Waals surface area contributed by atoms with Crippen molar-refractivity contribution in [2.24, 2.45) is 0 Å². The Balaban J connectivity index is 2.12. The Bertz CT molecular complexity index is 1020. The van der Waals surface area contributed by atoms with Crippen LogP contribution >= 0.6 is 0 Å². The summed E-state index contributed by atoms with van der Waals surface area (Å²) in [5, 5.41) is 2.75. The Labute approximate surface area is 171 Å². The van der Waals surface area contributed by atoms with Gasteiger partial charge in [-0.15, -0.1) is 0 Å². The number of nitrogens with one attached hydrogen (secondary N) is 2. The SMILES string of the molecule is CCNC(=O)c1cc(-c2ccc(C(F)(F)F)cc2)[nH]c1-c1cc(OC)cc(OC)c1. The summed E-state index contributed by atoms with van der Waals surface area (Å²) in [4.78, 5) is 15.8. The van der Waals surface area contributed by atoms with Gasteiger partial charge in [-0.1, -0.05) is 12.1 Å². The average molecular weight is 418 g/mol. The molecule has 0 fully saturated rings. The van der Waals surface area contributed by atoms with Crippen molar-refractivity contribution < 1.29 is 27.4 Å². The molecule has 0 radical (unpaired) electrons. The van der Waals surface area contributed by atoms with Crippen molar-refractivity contribution >= 4 is 5.91 Å². The third-order valence-corrected chi connectivity index (χ3v) is 4.56. The van der Waals surface area contributed by atoms with Crippen LogP contribution in [0.25, 0.3) is 22.5 Å². The lowest BCUT2D eigenvalue weighted by Gasteiger charge is -2.09. The highest BCUT2D eigenvalue weighted by molar-refractivity contribution is 6.02. The number of alkyl halides is 3. The first-order valence-electron chi connectivity index (χ1n) is 9.19. The molecule has 1 amide bonds. The Morgan fingerprint density at radius 3 is 2.07 bits per heavy atom. The summed E-state index contributed by atoms with van der Waals surface area (Å²) >= 11 is 0. The third kappa shape index (κ3) is 4.42. The van der Waals surface area contributed by atoms with Gasteiger partial charge in [0, 0.05) is 23.9 Å². The summed E-state index contributed by atoms with van der Waals surface area (Å²) in [7, 11) is 3.04. The number of benzene rings is 2. The van der Waals surface area contributed by atoms with Gasteiger partial charge in [-0.3, -0.25) is 4.79 Å². The molecule has 2 N–H and O–H groups in total. The monoisotopic (exact) mass is 418 g/mol. The van der Waals surface area contributed by atoms with Crippen LogP contribution in [0.15, 0.2) is 48.5 Å². The number of methoxy groups -OCH3 is 2. The molecule has 3 aromatic rings. The van der Waals surface area contributed by atoms with E-state index >= 15 is 0 Å². The minimum Gasteiger partial charge on any atom is -0.497 e. The molecular weight excluding hydrogens is 397 g/mol. The number of aromatic amines is 1. The Morgan fingerprint density at radius 2 is 1.57 bits per heavy atom. The van der Waals surface area contributed by atoms with Gasteiger partial charge >= 0.3 is 6.18 Å². The molecule has 0 aliphatic heterocycles. The highest BCUT2D eigenvalue weighted by atomic mass is 19.4. The molecule has 0 spiro atoms. The fourth-order valence-electron chi connectivity index (χ4n) is 3.06. The lowest BCUT2D eigenvalue weighted by atomic mass is 10.1. The van der Waals surface area contributed by atoms with Crippen LogP contribution in [-0.4, -0.2) is 31.7 Å². The lowest BCUT2D eigenvalue weighted by molar-refractivity contribution is -0.137. The van der Waals surface area contributed by atoms with Gasteiger partial charge in [0.1, 0.15) is 11.5 Å². The predicted molar refractivity (Wildman–Crippen MR) is 108 cm³/mol. The van der Waals surface area contributed by atoms with Crippen LogP contribution in [0.1, 0.15) is 22.8 Å². The maximum atomic E-state index is 12.9. The second kappa shape index (κ2) is 8.52. The highest BCUT2D eigenvalue weighted by Gasteiger charge is 2.30. The third-order valence-electron chi connectivity index (χ3n) is 4.56. The van der Waals surface area contributed by atoms with Crippen LogP contribution in [0.3, 0.4) is 0 Å². The topological polar surface area (TPSA) is 63.4 Å². The van der Waals surface area contributed by atoms with Gasteiger partial charge in [0.2, 0.25) is 0 Å². The van der Waals surface area contributed by atoms with Gasteiger partial charge in [0.05, 0.1) is 31.0 Å². The smallest absolute Gasteiger partial charge is 0.416 e. The minimum absolute atomic E-state index is 0.302. The number of aromatic nitrogens is 1. The van der Waals surface area contributed by atoms with E-state index in [-0.39, 0.29) is 5.91 Å². The van der Waals surface area contributed by atoms with Crippen LogP contribution in [-0.2, 0) is 6.18 Å². The fourth-order valence-corrected chi connectivity index (χ4v) is 3.06. The lowest BCUT2D eigenvalue weighted by Crippen LogP contribution is -2.22. The number of H-pyrrole nitrogens is 1. The summed E-state index contributed by atoms with van der Waals surface area (Å²) in [6, 6.07) is 11.6. The van der Waals surface area contributed by atoms with Crippen molar-refractivity contribution in [3.8, 4) is 34.0 Å². The largest absolute Gasteiger partial charge is 0.497 e. The number of halogens is 3. The van der Waals surface area contributed by atoms with Crippen LogP contribution in [0.5, 0.6) is 11.5 Å². The second-order valence-corrected chi connectivity index (χ2v) is 6.51. The molecular formula is C22H21F3N2O3. The van der Waals surface area contributed by atoms with E-state index in [0.29, 0.717) is 46.1 Å². The first-order valence-corrected chi connectivity index (χ1v) is 9.19. The molecule has 0 saturated heterocycles. The zero-order chi connectivity index (χ0) is 21.9. The van der Waals surface area contributed by atoms with E-state index in [1.54, 1.807) is 31.2 Å². The molecule has 0 saturated carbocycles.